The van der Waals surface area contributed by atoms with Gasteiger partial charge in [0.15, 0.2) is 0 Å². The van der Waals surface area contributed by atoms with Gasteiger partial charge in [0.2, 0.25) is 0 Å². The highest BCUT2D eigenvalue weighted by Gasteiger charge is 2.05. The Bertz CT molecular complexity index is 764. The van der Waals surface area contributed by atoms with Crippen molar-refractivity contribution in [1.82, 2.24) is 0 Å². The van der Waals surface area contributed by atoms with Gasteiger partial charge in [-0.1, -0.05) is 13.3 Å². The van der Waals surface area contributed by atoms with Crippen LogP contribution in [0.5, 0.6) is 11.5 Å². The largest absolute Gasteiger partial charge is 0.494 e. The van der Waals surface area contributed by atoms with Crippen molar-refractivity contribution in [2.75, 3.05) is 6.61 Å². The third-order valence-corrected chi connectivity index (χ3v) is 3.10. The van der Waals surface area contributed by atoms with E-state index in [2.05, 4.69) is 21.9 Å². The molecule has 0 saturated heterocycles. The van der Waals surface area contributed by atoms with Crippen molar-refractivity contribution in [3.63, 3.8) is 0 Å². The molecule has 0 fully saturated rings. The van der Waals surface area contributed by atoms with Gasteiger partial charge in [0.05, 0.1) is 18.0 Å². The summed E-state index contributed by atoms with van der Waals surface area (Å²) in [5, 5.41) is 8.26. The number of carbonyl (C=O) groups excluding carboxylic acids is 1. The van der Waals surface area contributed by atoms with Crippen LogP contribution in [-0.2, 0) is 4.79 Å². The molecule has 0 saturated carbocycles. The fourth-order valence-electron chi connectivity index (χ4n) is 1.83. The van der Waals surface area contributed by atoms with E-state index in [1.54, 1.807) is 24.3 Å². The molecule has 7 nitrogen and oxygen atoms in total. The molecule has 0 aliphatic carbocycles. The van der Waals surface area contributed by atoms with Gasteiger partial charge in [0.25, 0.3) is 0 Å². The van der Waals surface area contributed by atoms with Crippen LogP contribution in [0.3, 0.4) is 0 Å². The molecular weight excluding hydrogens is 320 g/mol. The van der Waals surface area contributed by atoms with Gasteiger partial charge < -0.3 is 15.0 Å². The van der Waals surface area contributed by atoms with E-state index in [0.29, 0.717) is 29.9 Å². The van der Waals surface area contributed by atoms with Crippen LogP contribution in [0.25, 0.3) is 5.53 Å². The number of rotatable bonds is 8. The van der Waals surface area contributed by atoms with Crippen LogP contribution in [0.1, 0.15) is 19.8 Å². The number of hydrogen-bond acceptors (Lipinski definition) is 5. The topological polar surface area (TPSA) is 96.7 Å². The van der Waals surface area contributed by atoms with Gasteiger partial charge in [-0.05, 0) is 55.0 Å². The summed E-state index contributed by atoms with van der Waals surface area (Å²) < 4.78 is 10.5. The lowest BCUT2D eigenvalue weighted by Gasteiger charge is -2.04. The molecule has 0 N–H and O–H groups in total. The fraction of sp³-hybridized carbons (Fsp3) is 0.222. The summed E-state index contributed by atoms with van der Waals surface area (Å²) in [6, 6.07) is 13.8. The van der Waals surface area contributed by atoms with E-state index < -0.39 is 5.97 Å². The van der Waals surface area contributed by atoms with Crippen LogP contribution < -0.4 is 9.47 Å². The molecule has 7 heteroatoms. The van der Waals surface area contributed by atoms with Gasteiger partial charge >= 0.3 is 12.2 Å². The van der Waals surface area contributed by atoms with Crippen molar-refractivity contribution >= 4 is 23.6 Å². The van der Waals surface area contributed by atoms with Gasteiger partial charge in [0, 0.05) is 0 Å². The van der Waals surface area contributed by atoms with Gasteiger partial charge in [-0.3, -0.25) is 0 Å². The second-order valence-corrected chi connectivity index (χ2v) is 5.06. The average molecular weight is 338 g/mol. The molecule has 128 valence electrons. The second kappa shape index (κ2) is 9.75. The van der Waals surface area contributed by atoms with E-state index in [-0.39, 0.29) is 0 Å². The van der Waals surface area contributed by atoms with Crippen LogP contribution in [0.2, 0.25) is 0 Å². The van der Waals surface area contributed by atoms with E-state index in [4.69, 9.17) is 15.0 Å². The van der Waals surface area contributed by atoms with Crippen molar-refractivity contribution in [3.05, 3.63) is 54.1 Å². The molecule has 0 aromatic heterocycles. The first-order chi connectivity index (χ1) is 12.2. The molecule has 25 heavy (non-hydrogen) atoms. The van der Waals surface area contributed by atoms with Crippen LogP contribution in [0, 0.1) is 0 Å². The number of benzene rings is 2. The summed E-state index contributed by atoms with van der Waals surface area (Å²) in [6.45, 7) is 2.82. The predicted octanol–water partition coefficient (Wildman–Crippen LogP) is 4.49. The first kappa shape index (κ1) is 18.0. The summed E-state index contributed by atoms with van der Waals surface area (Å²) in [5.74, 6) is 0.362. The van der Waals surface area contributed by atoms with Crippen LogP contribution in [-0.4, -0.2) is 23.6 Å². The molecule has 0 spiro atoms. The standard InChI is InChI=1S/C18H18N4O3/c1-2-3-12-24-16-8-4-14(5-9-16)21-22-15-6-10-17(11-7-15)25-18(23)13-20-19/h4-11,13H,2-3,12H2,1H3/b22-21+. The van der Waals surface area contributed by atoms with Crippen molar-refractivity contribution < 1.29 is 19.1 Å². The lowest BCUT2D eigenvalue weighted by molar-refractivity contribution is -0.130. The Kier molecular flexibility index (Phi) is 7.03. The Morgan fingerprint density at radius 3 is 2.12 bits per heavy atom. The monoisotopic (exact) mass is 338 g/mol. The quantitative estimate of drug-likeness (QED) is 0.177. The van der Waals surface area contributed by atoms with Gasteiger partial charge in [-0.2, -0.15) is 15.0 Å². The molecule has 0 radical (unpaired) electrons. The van der Waals surface area contributed by atoms with Crippen LogP contribution in [0.4, 0.5) is 11.4 Å². The predicted molar refractivity (Wildman–Crippen MR) is 92.8 cm³/mol. The number of ether oxygens (including phenoxy) is 2. The minimum atomic E-state index is -0.766. The Morgan fingerprint density at radius 2 is 1.60 bits per heavy atom. The van der Waals surface area contributed by atoms with Gasteiger partial charge in [-0.25, -0.2) is 4.79 Å². The number of unbranched alkanes of at least 4 members (excludes halogenated alkanes) is 1. The molecule has 0 heterocycles. The van der Waals surface area contributed by atoms with Crippen molar-refractivity contribution in [2.45, 2.75) is 19.8 Å². The zero-order valence-electron chi connectivity index (χ0n) is 13.8. The maximum Gasteiger partial charge on any atom is 0.419 e. The Hall–Kier alpha value is -3.31. The summed E-state index contributed by atoms with van der Waals surface area (Å²) in [5.41, 5.74) is 9.56. The molecule has 0 aliphatic heterocycles. The normalized spacial score (nSPS) is 10.3. The highest BCUT2D eigenvalue weighted by atomic mass is 16.5. The Morgan fingerprint density at radius 1 is 1.04 bits per heavy atom. The molecule has 0 unspecified atom stereocenters. The third-order valence-electron chi connectivity index (χ3n) is 3.10. The Balaban J connectivity index is 1.92. The molecule has 0 atom stereocenters. The minimum absolute atomic E-state index is 0.317. The van der Waals surface area contributed by atoms with E-state index in [1.807, 2.05) is 24.3 Å². The minimum Gasteiger partial charge on any atom is -0.494 e. The number of azo groups is 1. The highest BCUT2D eigenvalue weighted by Crippen LogP contribution is 2.23. The maximum atomic E-state index is 11.1. The number of esters is 1. The summed E-state index contributed by atoms with van der Waals surface area (Å²) in [7, 11) is 0. The lowest BCUT2D eigenvalue weighted by atomic mass is 10.3. The van der Waals surface area contributed by atoms with Gasteiger partial charge in [-0.15, -0.1) is 0 Å². The molecule has 2 aromatic rings. The van der Waals surface area contributed by atoms with Crippen molar-refractivity contribution in [3.8, 4) is 11.5 Å². The number of hydrogen-bond donors (Lipinski definition) is 0. The second-order valence-electron chi connectivity index (χ2n) is 5.06. The molecule has 0 bridgehead atoms. The molecule has 0 aliphatic rings. The molecule has 2 rings (SSSR count). The van der Waals surface area contributed by atoms with E-state index in [1.165, 1.54) is 0 Å². The lowest BCUT2D eigenvalue weighted by Crippen LogP contribution is -2.09. The van der Waals surface area contributed by atoms with E-state index in [9.17, 15) is 4.79 Å². The molecule has 0 amide bonds. The number of carbonyl (C=O) groups is 1. The smallest absolute Gasteiger partial charge is 0.419 e. The zero-order valence-corrected chi connectivity index (χ0v) is 13.8. The summed E-state index contributed by atoms with van der Waals surface area (Å²) in [4.78, 5) is 13.7. The summed E-state index contributed by atoms with van der Waals surface area (Å²) in [6.07, 6.45) is 2.79. The third kappa shape index (κ3) is 6.37. The van der Waals surface area contributed by atoms with Crippen LogP contribution in [0.15, 0.2) is 58.8 Å². The SMILES string of the molecule is CCCCOc1ccc(/N=N/c2ccc(OC(=O)C=[N+]=[N-])cc2)cc1. The first-order valence-corrected chi connectivity index (χ1v) is 7.85. The fourth-order valence-corrected chi connectivity index (χ4v) is 1.83. The highest BCUT2D eigenvalue weighted by molar-refractivity contribution is 6.21. The van der Waals surface area contributed by atoms with Crippen molar-refractivity contribution in [2.24, 2.45) is 10.2 Å². The number of nitrogens with zero attached hydrogens (tertiary/aromatic N) is 4. The molecular formula is C18H18N4O3. The Labute approximate surface area is 145 Å². The first-order valence-electron chi connectivity index (χ1n) is 7.85. The van der Waals surface area contributed by atoms with Crippen molar-refractivity contribution in [1.29, 1.82) is 0 Å². The van der Waals surface area contributed by atoms with E-state index >= 15 is 0 Å². The van der Waals surface area contributed by atoms with E-state index in [0.717, 1.165) is 18.6 Å². The maximum absolute atomic E-state index is 11.1. The van der Waals surface area contributed by atoms with Gasteiger partial charge in [0.1, 0.15) is 11.5 Å². The molecule has 2 aromatic carbocycles. The van der Waals surface area contributed by atoms with Crippen LogP contribution >= 0.6 is 0 Å². The summed E-state index contributed by atoms with van der Waals surface area (Å²) >= 11 is 0. The zero-order chi connectivity index (χ0) is 17.9. The average Bonchev–Trinajstić information content (AvgIpc) is 2.63.